The van der Waals surface area contributed by atoms with Gasteiger partial charge in [-0.05, 0) is 74.0 Å². The first kappa shape index (κ1) is 31.7. The number of amides is 3. The summed E-state index contributed by atoms with van der Waals surface area (Å²) in [6.45, 7) is 2.31. The number of phenols is 1. The van der Waals surface area contributed by atoms with E-state index >= 15 is 0 Å². The van der Waals surface area contributed by atoms with Crippen LogP contribution in [0.4, 0.5) is 10.5 Å². The monoisotopic (exact) mass is 545 g/mol. The number of aliphatic carboxylic acids is 1. The lowest BCUT2D eigenvalue weighted by Gasteiger charge is -2.14. The minimum absolute atomic E-state index is 0.0205. The molecule has 0 fully saturated rings. The third-order valence-corrected chi connectivity index (χ3v) is 6.00. The van der Waals surface area contributed by atoms with Crippen molar-refractivity contribution in [1.29, 1.82) is 0 Å². The molecule has 2 rings (SSSR count). The number of urea groups is 1. The van der Waals surface area contributed by atoms with E-state index in [0.29, 0.717) is 36.6 Å². The van der Waals surface area contributed by atoms with Crippen LogP contribution < -0.4 is 16.0 Å². The SMILES string of the molecule is O=C(NC(=O)C(=O)O)Nc1cccc(CCCCOCCCCCCNC[C@@H](O)c2ccc(O)c(CO)c2)c1. The second kappa shape index (κ2) is 17.9. The highest BCUT2D eigenvalue weighted by Crippen LogP contribution is 2.22. The maximum atomic E-state index is 11.7. The van der Waals surface area contributed by atoms with Crippen molar-refractivity contribution in [2.75, 3.05) is 31.6 Å². The van der Waals surface area contributed by atoms with Crippen molar-refractivity contribution in [1.82, 2.24) is 10.6 Å². The van der Waals surface area contributed by atoms with E-state index in [0.717, 1.165) is 57.1 Å². The predicted octanol–water partition coefficient (Wildman–Crippen LogP) is 2.84. The Morgan fingerprint density at radius 2 is 1.67 bits per heavy atom. The molecular formula is C28H39N3O8. The number of hydrogen-bond acceptors (Lipinski definition) is 8. The predicted molar refractivity (Wildman–Crippen MR) is 145 cm³/mol. The highest BCUT2D eigenvalue weighted by Gasteiger charge is 2.15. The Hall–Kier alpha value is -3.51. The molecule has 0 aromatic heterocycles. The van der Waals surface area contributed by atoms with E-state index in [4.69, 9.17) is 9.84 Å². The average molecular weight is 546 g/mol. The number of aromatic hydroxyl groups is 1. The van der Waals surface area contributed by atoms with Crippen molar-refractivity contribution in [3.63, 3.8) is 0 Å². The zero-order chi connectivity index (χ0) is 28.5. The molecule has 0 saturated carbocycles. The van der Waals surface area contributed by atoms with E-state index in [1.54, 1.807) is 35.6 Å². The largest absolute Gasteiger partial charge is 0.508 e. The standard InChI is InChI=1S/C28H39N3O8/c32-19-22-17-21(11-12-24(22)33)25(34)18-29-13-4-1-2-5-14-39-15-6-3-8-20-9-7-10-23(16-20)30-28(38)31-26(35)27(36)37/h7,9-12,16-17,25,29,32-34H,1-6,8,13-15,18-19H2,(H,36,37)(H2,30,31,35,38)/t25-/m1/s1. The van der Waals surface area contributed by atoms with Crippen LogP contribution >= 0.6 is 0 Å². The molecule has 1 atom stereocenters. The minimum atomic E-state index is -1.73. The number of carboxylic acid groups (broad SMARTS) is 1. The summed E-state index contributed by atoms with van der Waals surface area (Å²) in [5.74, 6) is -3.10. The van der Waals surface area contributed by atoms with Gasteiger partial charge in [-0.3, -0.25) is 10.1 Å². The van der Waals surface area contributed by atoms with Crippen molar-refractivity contribution in [3.05, 3.63) is 59.2 Å². The van der Waals surface area contributed by atoms with Gasteiger partial charge >= 0.3 is 17.9 Å². The Morgan fingerprint density at radius 3 is 2.41 bits per heavy atom. The molecule has 2 aromatic rings. The molecule has 0 aliphatic carbocycles. The summed E-state index contributed by atoms with van der Waals surface area (Å²) in [6.07, 6.45) is 6.02. The normalized spacial score (nSPS) is 11.6. The number of aliphatic hydroxyl groups excluding tert-OH is 2. The number of aliphatic hydroxyl groups is 2. The number of ether oxygens (including phenoxy) is 1. The number of unbranched alkanes of at least 4 members (excludes halogenated alkanes) is 4. The first-order valence-electron chi connectivity index (χ1n) is 13.1. The highest BCUT2D eigenvalue weighted by atomic mass is 16.5. The Balaban J connectivity index is 1.45. The lowest BCUT2D eigenvalue weighted by Crippen LogP contribution is -2.38. The number of carbonyl (C=O) groups excluding carboxylic acids is 2. The molecule has 11 nitrogen and oxygen atoms in total. The van der Waals surface area contributed by atoms with Gasteiger partial charge in [-0.25, -0.2) is 9.59 Å². The van der Waals surface area contributed by atoms with Crippen LogP contribution in [0.5, 0.6) is 5.75 Å². The van der Waals surface area contributed by atoms with Gasteiger partial charge < -0.3 is 35.8 Å². The van der Waals surface area contributed by atoms with Gasteiger partial charge in [0.15, 0.2) is 0 Å². The molecule has 11 heteroatoms. The number of aryl methyl sites for hydroxylation is 1. The fourth-order valence-corrected chi connectivity index (χ4v) is 3.86. The third kappa shape index (κ3) is 12.7. The van der Waals surface area contributed by atoms with E-state index in [2.05, 4.69) is 10.6 Å². The number of nitrogens with one attached hydrogen (secondary N) is 3. The Bertz CT molecular complexity index is 1060. The molecule has 0 aliphatic heterocycles. The van der Waals surface area contributed by atoms with Crippen molar-refractivity contribution in [3.8, 4) is 5.75 Å². The molecule has 7 N–H and O–H groups in total. The third-order valence-electron chi connectivity index (χ3n) is 6.00. The van der Waals surface area contributed by atoms with E-state index in [9.17, 15) is 29.7 Å². The van der Waals surface area contributed by atoms with Gasteiger partial charge in [0, 0.05) is 31.0 Å². The van der Waals surface area contributed by atoms with Crippen molar-refractivity contribution < 1.29 is 39.5 Å². The zero-order valence-corrected chi connectivity index (χ0v) is 22.0. The Labute approximate surface area is 228 Å². The summed E-state index contributed by atoms with van der Waals surface area (Å²) in [6, 6.07) is 11.0. The van der Waals surface area contributed by atoms with Crippen molar-refractivity contribution in [2.24, 2.45) is 0 Å². The number of carbonyl (C=O) groups is 3. The van der Waals surface area contributed by atoms with Crippen LogP contribution in [0.3, 0.4) is 0 Å². The van der Waals surface area contributed by atoms with Gasteiger partial charge in [0.25, 0.3) is 0 Å². The minimum Gasteiger partial charge on any atom is -0.508 e. The molecule has 0 radical (unpaired) electrons. The van der Waals surface area contributed by atoms with Gasteiger partial charge in [-0.15, -0.1) is 0 Å². The van der Waals surface area contributed by atoms with E-state index in [1.165, 1.54) is 6.07 Å². The highest BCUT2D eigenvalue weighted by molar-refractivity contribution is 6.35. The van der Waals surface area contributed by atoms with Crippen molar-refractivity contribution >= 4 is 23.6 Å². The smallest absolute Gasteiger partial charge is 0.394 e. The maximum Gasteiger partial charge on any atom is 0.394 e. The fraction of sp³-hybridized carbons (Fsp3) is 0.464. The van der Waals surface area contributed by atoms with Crippen LogP contribution in [0.1, 0.15) is 61.3 Å². The molecule has 0 heterocycles. The maximum absolute atomic E-state index is 11.7. The topological polar surface area (TPSA) is 177 Å². The number of anilines is 1. The fourth-order valence-electron chi connectivity index (χ4n) is 3.86. The second-order valence-corrected chi connectivity index (χ2v) is 9.16. The Kier molecular flexibility index (Phi) is 14.6. The molecule has 0 bridgehead atoms. The summed E-state index contributed by atoms with van der Waals surface area (Å²) >= 11 is 0. The van der Waals surface area contributed by atoms with Crippen LogP contribution in [0.25, 0.3) is 0 Å². The summed E-state index contributed by atoms with van der Waals surface area (Å²) in [5, 5.41) is 45.0. The van der Waals surface area contributed by atoms with E-state index < -0.39 is 24.0 Å². The van der Waals surface area contributed by atoms with Crippen LogP contribution in [-0.4, -0.2) is 64.6 Å². The average Bonchev–Trinajstić information content (AvgIpc) is 2.91. The first-order valence-corrected chi connectivity index (χ1v) is 13.1. The van der Waals surface area contributed by atoms with Crippen LogP contribution in [0.2, 0.25) is 0 Å². The molecule has 3 amide bonds. The second-order valence-electron chi connectivity index (χ2n) is 9.16. The number of imide groups is 1. The summed E-state index contributed by atoms with van der Waals surface area (Å²) in [5.41, 5.74) is 2.54. The molecule has 0 unspecified atom stereocenters. The van der Waals surface area contributed by atoms with E-state index in [-0.39, 0.29) is 12.4 Å². The molecule has 214 valence electrons. The van der Waals surface area contributed by atoms with Crippen LogP contribution in [0, 0.1) is 0 Å². The first-order chi connectivity index (χ1) is 18.8. The zero-order valence-electron chi connectivity index (χ0n) is 22.0. The van der Waals surface area contributed by atoms with Gasteiger partial charge in [0.1, 0.15) is 5.75 Å². The number of benzene rings is 2. The van der Waals surface area contributed by atoms with Gasteiger partial charge in [-0.1, -0.05) is 31.0 Å². The summed E-state index contributed by atoms with van der Waals surface area (Å²) in [4.78, 5) is 33.2. The quantitative estimate of drug-likeness (QED) is 0.116. The van der Waals surface area contributed by atoms with E-state index in [1.807, 2.05) is 6.07 Å². The number of rotatable bonds is 17. The van der Waals surface area contributed by atoms with Gasteiger partial charge in [0.05, 0.1) is 12.7 Å². The molecule has 0 aliphatic rings. The Morgan fingerprint density at radius 1 is 0.923 bits per heavy atom. The van der Waals surface area contributed by atoms with Crippen LogP contribution in [-0.2, 0) is 27.4 Å². The molecule has 2 aromatic carbocycles. The molecule has 0 spiro atoms. The lowest BCUT2D eigenvalue weighted by atomic mass is 10.1. The van der Waals surface area contributed by atoms with Crippen molar-refractivity contribution in [2.45, 2.75) is 57.7 Å². The molecule has 39 heavy (non-hydrogen) atoms. The van der Waals surface area contributed by atoms with Gasteiger partial charge in [0.2, 0.25) is 0 Å². The van der Waals surface area contributed by atoms with Gasteiger partial charge in [-0.2, -0.15) is 0 Å². The number of hydrogen-bond donors (Lipinski definition) is 7. The number of carboxylic acids is 1. The van der Waals surface area contributed by atoms with Crippen LogP contribution in [0.15, 0.2) is 42.5 Å². The molecule has 0 saturated heterocycles. The summed E-state index contributed by atoms with van der Waals surface area (Å²) < 4.78 is 5.71. The lowest BCUT2D eigenvalue weighted by molar-refractivity contribution is -0.149. The molecular weight excluding hydrogens is 506 g/mol. The summed E-state index contributed by atoms with van der Waals surface area (Å²) in [7, 11) is 0.